The number of carbonyl (C=O) groups is 2. The zero-order valence-electron chi connectivity index (χ0n) is 17.1. The van der Waals surface area contributed by atoms with Crippen LogP contribution < -0.4 is 4.74 Å². The van der Waals surface area contributed by atoms with Crippen molar-refractivity contribution in [1.29, 1.82) is 0 Å². The molecule has 31 heavy (non-hydrogen) atoms. The third kappa shape index (κ3) is 5.67. The Morgan fingerprint density at radius 2 is 1.81 bits per heavy atom. The molecule has 0 unspecified atom stereocenters. The van der Waals surface area contributed by atoms with Crippen LogP contribution >= 0.6 is 23.2 Å². The minimum Gasteiger partial charge on any atom is -0.481 e. The van der Waals surface area contributed by atoms with Crippen LogP contribution in [-0.2, 0) is 11.3 Å². The molecule has 1 aliphatic rings. The molecule has 2 aromatic carbocycles. The summed E-state index contributed by atoms with van der Waals surface area (Å²) < 4.78 is 18.6. The van der Waals surface area contributed by atoms with E-state index < -0.39 is 5.97 Å². The van der Waals surface area contributed by atoms with Crippen molar-refractivity contribution in [2.24, 2.45) is 0 Å². The number of nitrogens with zero attached hydrogens (tertiary/aromatic N) is 2. The Labute approximate surface area is 190 Å². The first-order valence-electron chi connectivity index (χ1n) is 9.78. The van der Waals surface area contributed by atoms with Crippen LogP contribution in [0.25, 0.3) is 0 Å². The third-order valence-corrected chi connectivity index (χ3v) is 5.81. The van der Waals surface area contributed by atoms with Crippen molar-refractivity contribution in [3.63, 3.8) is 0 Å². The summed E-state index contributed by atoms with van der Waals surface area (Å²) in [5.74, 6) is -1.86. The van der Waals surface area contributed by atoms with E-state index in [4.69, 9.17) is 27.9 Å². The number of ether oxygens (including phenoxy) is 1. The monoisotopic (exact) mass is 468 g/mol. The number of hydrogen-bond acceptors (Lipinski definition) is 4. The van der Waals surface area contributed by atoms with Crippen molar-refractivity contribution >= 4 is 35.1 Å². The highest BCUT2D eigenvalue weighted by atomic mass is 35.5. The van der Waals surface area contributed by atoms with Gasteiger partial charge in [0.2, 0.25) is 0 Å². The number of benzene rings is 2. The second-order valence-electron chi connectivity index (χ2n) is 7.66. The van der Waals surface area contributed by atoms with Gasteiger partial charge in [-0.2, -0.15) is 0 Å². The summed E-state index contributed by atoms with van der Waals surface area (Å²) in [6.45, 7) is 5.43. The number of aromatic carboxylic acids is 1. The van der Waals surface area contributed by atoms with E-state index in [1.807, 2.05) is 13.8 Å². The molecule has 1 amide bonds. The molecule has 0 saturated carbocycles. The van der Waals surface area contributed by atoms with E-state index in [1.165, 1.54) is 24.3 Å². The molecule has 2 aromatic rings. The maximum absolute atomic E-state index is 13.1. The molecule has 0 bridgehead atoms. The number of amides is 1. The number of carboxylic acids is 1. The first-order chi connectivity index (χ1) is 14.7. The van der Waals surface area contributed by atoms with Crippen LogP contribution in [0.2, 0.25) is 10.0 Å². The van der Waals surface area contributed by atoms with Gasteiger partial charge in [-0.1, -0.05) is 35.3 Å². The standard InChI is InChI=1S/C22H23Cl2FN2O4/c1-13-10-27(14(2)9-26(13)11-15-3-5-17(25)6-4-15)20(28)12-31-21-18(22(29)30)7-16(23)8-19(21)24/h3-8,13-14H,9-12H2,1-2H3,(H,29,30)/t13-,14+/m0/s1. The van der Waals surface area contributed by atoms with Gasteiger partial charge in [-0.15, -0.1) is 0 Å². The Balaban J connectivity index is 1.63. The Kier molecular flexibility index (Phi) is 7.41. The van der Waals surface area contributed by atoms with Crippen molar-refractivity contribution in [2.45, 2.75) is 32.5 Å². The van der Waals surface area contributed by atoms with Crippen LogP contribution in [0.1, 0.15) is 29.8 Å². The molecule has 6 nitrogen and oxygen atoms in total. The molecular weight excluding hydrogens is 446 g/mol. The van der Waals surface area contributed by atoms with E-state index in [0.717, 1.165) is 5.56 Å². The van der Waals surface area contributed by atoms with Gasteiger partial charge in [-0.05, 0) is 43.7 Å². The zero-order chi connectivity index (χ0) is 22.7. The normalized spacial score (nSPS) is 19.3. The highest BCUT2D eigenvalue weighted by molar-refractivity contribution is 6.36. The van der Waals surface area contributed by atoms with E-state index in [2.05, 4.69) is 4.90 Å². The lowest BCUT2D eigenvalue weighted by Gasteiger charge is -2.44. The fourth-order valence-corrected chi connectivity index (χ4v) is 4.22. The van der Waals surface area contributed by atoms with Gasteiger partial charge in [0.25, 0.3) is 5.91 Å². The minimum absolute atomic E-state index is 0.0308. The van der Waals surface area contributed by atoms with Gasteiger partial charge in [-0.25, -0.2) is 9.18 Å². The largest absolute Gasteiger partial charge is 0.481 e. The summed E-state index contributed by atoms with van der Waals surface area (Å²) in [7, 11) is 0. The number of rotatable bonds is 6. The quantitative estimate of drug-likeness (QED) is 0.682. The van der Waals surface area contributed by atoms with Crippen LogP contribution in [0.5, 0.6) is 5.75 Å². The van der Waals surface area contributed by atoms with E-state index >= 15 is 0 Å². The number of carbonyl (C=O) groups excluding carboxylic acids is 1. The predicted octanol–water partition coefficient (Wildman–Crippen LogP) is 4.33. The first-order valence-corrected chi connectivity index (χ1v) is 10.5. The van der Waals surface area contributed by atoms with Crippen molar-refractivity contribution in [1.82, 2.24) is 9.80 Å². The molecule has 166 valence electrons. The second kappa shape index (κ2) is 9.85. The molecule has 1 fully saturated rings. The van der Waals surface area contributed by atoms with E-state index in [1.54, 1.807) is 17.0 Å². The molecule has 1 saturated heterocycles. The molecule has 9 heteroatoms. The summed E-state index contributed by atoms with van der Waals surface area (Å²) in [5, 5.41) is 9.55. The number of piperazine rings is 1. The number of hydrogen-bond donors (Lipinski definition) is 1. The molecule has 2 atom stereocenters. The molecule has 0 radical (unpaired) electrons. The summed E-state index contributed by atoms with van der Waals surface area (Å²) in [6.07, 6.45) is 0. The predicted molar refractivity (Wildman–Crippen MR) is 116 cm³/mol. The fourth-order valence-electron chi connectivity index (χ4n) is 3.67. The van der Waals surface area contributed by atoms with Gasteiger partial charge in [0.1, 0.15) is 11.4 Å². The molecule has 1 N–H and O–H groups in total. The summed E-state index contributed by atoms with van der Waals surface area (Å²) >= 11 is 11.9. The van der Waals surface area contributed by atoms with Gasteiger partial charge in [-0.3, -0.25) is 9.69 Å². The van der Waals surface area contributed by atoms with E-state index in [9.17, 15) is 19.1 Å². The van der Waals surface area contributed by atoms with Crippen LogP contribution in [0.15, 0.2) is 36.4 Å². The van der Waals surface area contributed by atoms with Crippen molar-refractivity contribution < 1.29 is 23.8 Å². The van der Waals surface area contributed by atoms with Crippen molar-refractivity contribution in [2.75, 3.05) is 19.7 Å². The Hall–Kier alpha value is -2.35. The molecule has 3 rings (SSSR count). The molecule has 0 aliphatic carbocycles. The van der Waals surface area contributed by atoms with Crippen LogP contribution in [-0.4, -0.2) is 58.6 Å². The van der Waals surface area contributed by atoms with Crippen molar-refractivity contribution in [3.8, 4) is 5.75 Å². The maximum Gasteiger partial charge on any atom is 0.339 e. The highest BCUT2D eigenvalue weighted by Gasteiger charge is 2.32. The van der Waals surface area contributed by atoms with Crippen LogP contribution in [0, 0.1) is 5.82 Å². The Morgan fingerprint density at radius 3 is 2.45 bits per heavy atom. The number of carboxylic acid groups (broad SMARTS) is 1. The molecule has 1 heterocycles. The van der Waals surface area contributed by atoms with Gasteiger partial charge >= 0.3 is 5.97 Å². The number of halogens is 3. The van der Waals surface area contributed by atoms with Gasteiger partial charge < -0.3 is 14.7 Å². The van der Waals surface area contributed by atoms with Gasteiger partial charge in [0, 0.05) is 36.7 Å². The first kappa shape index (κ1) is 23.3. The van der Waals surface area contributed by atoms with Crippen LogP contribution in [0.4, 0.5) is 4.39 Å². The summed E-state index contributed by atoms with van der Waals surface area (Å²) in [5.41, 5.74) is 0.804. The zero-order valence-corrected chi connectivity index (χ0v) is 18.7. The smallest absolute Gasteiger partial charge is 0.339 e. The maximum atomic E-state index is 13.1. The SMILES string of the molecule is C[C@@H]1CN(Cc2ccc(F)cc2)[C@@H](C)CN1C(=O)COc1c(Cl)cc(Cl)cc1C(=O)O. The topological polar surface area (TPSA) is 70.1 Å². The molecule has 1 aliphatic heterocycles. The minimum atomic E-state index is -1.25. The molecular formula is C22H23Cl2FN2O4. The highest BCUT2D eigenvalue weighted by Crippen LogP contribution is 2.32. The lowest BCUT2D eigenvalue weighted by Crippen LogP contribution is -2.58. The van der Waals surface area contributed by atoms with E-state index in [-0.39, 0.29) is 51.8 Å². The average Bonchev–Trinajstić information content (AvgIpc) is 2.70. The second-order valence-corrected chi connectivity index (χ2v) is 8.50. The lowest BCUT2D eigenvalue weighted by atomic mass is 10.1. The summed E-state index contributed by atoms with van der Waals surface area (Å²) in [4.78, 5) is 28.2. The van der Waals surface area contributed by atoms with Crippen molar-refractivity contribution in [3.05, 3.63) is 63.4 Å². The third-order valence-electron chi connectivity index (χ3n) is 5.31. The van der Waals surface area contributed by atoms with E-state index in [0.29, 0.717) is 19.6 Å². The van der Waals surface area contributed by atoms with Gasteiger partial charge in [0.15, 0.2) is 12.4 Å². The van der Waals surface area contributed by atoms with Crippen LogP contribution in [0.3, 0.4) is 0 Å². The Morgan fingerprint density at radius 1 is 1.13 bits per heavy atom. The summed E-state index contributed by atoms with van der Waals surface area (Å²) in [6, 6.07) is 9.00. The lowest BCUT2D eigenvalue weighted by molar-refractivity contribution is -0.139. The Bertz CT molecular complexity index is 971. The van der Waals surface area contributed by atoms with Gasteiger partial charge in [0.05, 0.1) is 5.02 Å². The average molecular weight is 469 g/mol. The fraction of sp³-hybridized carbons (Fsp3) is 0.364. The molecule has 0 spiro atoms. The molecule has 0 aromatic heterocycles.